The minimum atomic E-state index is 0.209. The first-order chi connectivity index (χ1) is 8.58. The second-order valence-electron chi connectivity index (χ2n) is 4.93. The lowest BCUT2D eigenvalue weighted by Crippen LogP contribution is -2.39. The minimum Gasteiger partial charge on any atom is -0.383 e. The molecule has 1 aromatic carbocycles. The molecule has 3 nitrogen and oxygen atoms in total. The number of benzene rings is 1. The van der Waals surface area contributed by atoms with Crippen molar-refractivity contribution >= 4 is 0 Å². The summed E-state index contributed by atoms with van der Waals surface area (Å²) in [6.45, 7) is 7.16. The summed E-state index contributed by atoms with van der Waals surface area (Å²) < 4.78 is 5.23. The highest BCUT2D eigenvalue weighted by Gasteiger charge is 2.16. The maximum atomic E-state index is 8.91. The minimum absolute atomic E-state index is 0.209. The van der Waals surface area contributed by atoms with Gasteiger partial charge < -0.3 is 10.1 Å². The van der Waals surface area contributed by atoms with Crippen LogP contribution in [0.2, 0.25) is 0 Å². The molecule has 0 aliphatic heterocycles. The first kappa shape index (κ1) is 14.7. The van der Waals surface area contributed by atoms with Gasteiger partial charge in [-0.3, -0.25) is 0 Å². The number of hydrogen-bond donors (Lipinski definition) is 1. The van der Waals surface area contributed by atoms with E-state index in [9.17, 15) is 0 Å². The molecule has 2 atom stereocenters. The molecule has 1 aromatic rings. The van der Waals surface area contributed by atoms with Crippen LogP contribution in [0, 0.1) is 17.2 Å². The van der Waals surface area contributed by atoms with Gasteiger partial charge in [0, 0.05) is 19.2 Å². The van der Waals surface area contributed by atoms with Crippen LogP contribution in [0.3, 0.4) is 0 Å². The summed E-state index contributed by atoms with van der Waals surface area (Å²) in [7, 11) is 1.72. The van der Waals surface area contributed by atoms with Gasteiger partial charge in [0.25, 0.3) is 0 Å². The fourth-order valence-corrected chi connectivity index (χ4v) is 1.91. The summed E-state index contributed by atoms with van der Waals surface area (Å²) in [4.78, 5) is 0. The molecule has 0 aliphatic carbocycles. The first-order valence-electron chi connectivity index (χ1n) is 6.33. The Bertz CT molecular complexity index is 409. The number of methoxy groups -OCH3 is 1. The Balaban J connectivity index is 2.74. The number of rotatable bonds is 6. The number of nitrogens with zero attached hydrogens (tertiary/aromatic N) is 1. The topological polar surface area (TPSA) is 45.0 Å². The first-order valence-corrected chi connectivity index (χ1v) is 6.33. The Morgan fingerprint density at radius 1 is 1.33 bits per heavy atom. The molecule has 0 saturated heterocycles. The molecule has 0 saturated carbocycles. The Labute approximate surface area is 110 Å². The van der Waals surface area contributed by atoms with E-state index in [1.165, 1.54) is 0 Å². The van der Waals surface area contributed by atoms with E-state index >= 15 is 0 Å². The second-order valence-corrected chi connectivity index (χ2v) is 4.93. The molecule has 0 bridgehead atoms. The van der Waals surface area contributed by atoms with Crippen LogP contribution in [0.15, 0.2) is 24.3 Å². The smallest absolute Gasteiger partial charge is 0.0991 e. The van der Waals surface area contributed by atoms with Gasteiger partial charge in [-0.05, 0) is 30.5 Å². The van der Waals surface area contributed by atoms with Crippen LogP contribution in [0.25, 0.3) is 0 Å². The monoisotopic (exact) mass is 246 g/mol. The quantitative estimate of drug-likeness (QED) is 0.839. The third-order valence-corrected chi connectivity index (χ3v) is 3.13. The lowest BCUT2D eigenvalue weighted by molar-refractivity contribution is 0.141. The lowest BCUT2D eigenvalue weighted by atomic mass is 10.0. The number of ether oxygens (including phenoxy) is 1. The molecule has 18 heavy (non-hydrogen) atoms. The number of nitrogens with one attached hydrogen (secondary N) is 1. The summed E-state index contributed by atoms with van der Waals surface area (Å²) in [6.07, 6.45) is 0. The zero-order valence-electron chi connectivity index (χ0n) is 11.6. The third kappa shape index (κ3) is 4.14. The normalized spacial score (nSPS) is 14.2. The van der Waals surface area contributed by atoms with Crippen LogP contribution in [0.5, 0.6) is 0 Å². The fraction of sp³-hybridized carbons (Fsp3) is 0.533. The molecule has 3 heteroatoms. The van der Waals surface area contributed by atoms with Crippen LogP contribution in [-0.2, 0) is 4.74 Å². The van der Waals surface area contributed by atoms with Gasteiger partial charge in [0.15, 0.2) is 0 Å². The van der Waals surface area contributed by atoms with E-state index in [1.54, 1.807) is 7.11 Å². The van der Waals surface area contributed by atoms with Crippen molar-refractivity contribution in [2.24, 2.45) is 5.92 Å². The molecule has 0 heterocycles. The molecular weight excluding hydrogens is 224 g/mol. The molecule has 1 rings (SSSR count). The maximum Gasteiger partial charge on any atom is 0.0991 e. The lowest BCUT2D eigenvalue weighted by Gasteiger charge is -2.26. The molecule has 0 amide bonds. The summed E-state index contributed by atoms with van der Waals surface area (Å²) in [5, 5.41) is 12.5. The molecule has 0 radical (unpaired) electrons. The summed E-state index contributed by atoms with van der Waals surface area (Å²) >= 11 is 0. The Hall–Kier alpha value is -1.37. The molecule has 0 aromatic heterocycles. The molecular formula is C15H22N2O. The van der Waals surface area contributed by atoms with Crippen molar-refractivity contribution in [3.05, 3.63) is 35.4 Å². The van der Waals surface area contributed by atoms with Gasteiger partial charge >= 0.3 is 0 Å². The average molecular weight is 246 g/mol. The van der Waals surface area contributed by atoms with Gasteiger partial charge in [0.2, 0.25) is 0 Å². The zero-order valence-corrected chi connectivity index (χ0v) is 11.6. The molecule has 1 N–H and O–H groups in total. The van der Waals surface area contributed by atoms with E-state index in [1.807, 2.05) is 24.3 Å². The Kier molecular flexibility index (Phi) is 5.84. The van der Waals surface area contributed by atoms with Crippen LogP contribution < -0.4 is 5.32 Å². The van der Waals surface area contributed by atoms with Gasteiger partial charge in [-0.2, -0.15) is 5.26 Å². The zero-order chi connectivity index (χ0) is 13.5. The molecule has 0 spiro atoms. The van der Waals surface area contributed by atoms with Gasteiger partial charge in [-0.1, -0.05) is 26.0 Å². The fourth-order valence-electron chi connectivity index (χ4n) is 1.91. The number of nitriles is 1. The highest BCUT2D eigenvalue weighted by Crippen LogP contribution is 2.16. The third-order valence-electron chi connectivity index (χ3n) is 3.13. The van der Waals surface area contributed by atoms with Crippen molar-refractivity contribution in [1.29, 1.82) is 5.26 Å². The SMILES string of the molecule is COCC(NC(C)c1cccc(C#N)c1)C(C)C. The summed E-state index contributed by atoms with van der Waals surface area (Å²) in [5.41, 5.74) is 1.84. The van der Waals surface area contributed by atoms with Crippen molar-refractivity contribution in [3.63, 3.8) is 0 Å². The molecule has 0 fully saturated rings. The highest BCUT2D eigenvalue weighted by molar-refractivity contribution is 5.34. The van der Waals surface area contributed by atoms with E-state index in [0.717, 1.165) is 5.56 Å². The molecule has 0 aliphatic rings. The van der Waals surface area contributed by atoms with E-state index < -0.39 is 0 Å². The van der Waals surface area contributed by atoms with E-state index in [2.05, 4.69) is 32.2 Å². The van der Waals surface area contributed by atoms with E-state index in [0.29, 0.717) is 24.1 Å². The van der Waals surface area contributed by atoms with Crippen molar-refractivity contribution in [2.45, 2.75) is 32.9 Å². The van der Waals surface area contributed by atoms with Crippen molar-refractivity contribution in [3.8, 4) is 6.07 Å². The predicted octanol–water partition coefficient (Wildman–Crippen LogP) is 2.88. The van der Waals surface area contributed by atoms with Gasteiger partial charge in [-0.25, -0.2) is 0 Å². The van der Waals surface area contributed by atoms with Crippen molar-refractivity contribution in [2.75, 3.05) is 13.7 Å². The standard InChI is InChI=1S/C15H22N2O/c1-11(2)15(10-18-4)17-12(3)14-7-5-6-13(8-14)9-16/h5-8,11-12,15,17H,10H2,1-4H3. The molecule has 2 unspecified atom stereocenters. The average Bonchev–Trinajstić information content (AvgIpc) is 2.38. The highest BCUT2D eigenvalue weighted by atomic mass is 16.5. The van der Waals surface area contributed by atoms with Crippen LogP contribution >= 0.6 is 0 Å². The largest absolute Gasteiger partial charge is 0.383 e. The maximum absolute atomic E-state index is 8.91. The number of hydrogen-bond acceptors (Lipinski definition) is 3. The molecule has 98 valence electrons. The van der Waals surface area contributed by atoms with Crippen molar-refractivity contribution in [1.82, 2.24) is 5.32 Å². The van der Waals surface area contributed by atoms with Crippen LogP contribution in [0.1, 0.15) is 37.9 Å². The van der Waals surface area contributed by atoms with E-state index in [-0.39, 0.29) is 6.04 Å². The van der Waals surface area contributed by atoms with Gasteiger partial charge in [0.05, 0.1) is 18.2 Å². The van der Waals surface area contributed by atoms with Gasteiger partial charge in [0.1, 0.15) is 0 Å². The Morgan fingerprint density at radius 3 is 2.61 bits per heavy atom. The van der Waals surface area contributed by atoms with Crippen LogP contribution in [0.4, 0.5) is 0 Å². The summed E-state index contributed by atoms with van der Waals surface area (Å²) in [6, 6.07) is 10.4. The van der Waals surface area contributed by atoms with Crippen molar-refractivity contribution < 1.29 is 4.74 Å². The Morgan fingerprint density at radius 2 is 2.06 bits per heavy atom. The predicted molar refractivity (Wildman–Crippen MR) is 73.2 cm³/mol. The van der Waals surface area contributed by atoms with Crippen LogP contribution in [-0.4, -0.2) is 19.8 Å². The summed E-state index contributed by atoms with van der Waals surface area (Å²) in [5.74, 6) is 0.506. The van der Waals surface area contributed by atoms with E-state index in [4.69, 9.17) is 10.00 Å². The van der Waals surface area contributed by atoms with Gasteiger partial charge in [-0.15, -0.1) is 0 Å². The second kappa shape index (κ2) is 7.15.